The molecule has 1 aromatic rings. The second kappa shape index (κ2) is 8.54. The summed E-state index contributed by atoms with van der Waals surface area (Å²) in [7, 11) is 0. The van der Waals surface area contributed by atoms with E-state index in [1.807, 2.05) is 0 Å². The summed E-state index contributed by atoms with van der Waals surface area (Å²) >= 11 is 0. The second-order valence-electron chi connectivity index (χ2n) is 8.25. The van der Waals surface area contributed by atoms with Crippen molar-refractivity contribution in [2.75, 3.05) is 25.1 Å². The number of aryl methyl sites for hydroxylation is 1. The number of nitrogens with zero attached hydrogens (tertiary/aromatic N) is 1. The molecular formula is C22H25FN4O3. The highest BCUT2D eigenvalue weighted by Gasteiger charge is 2.46. The molecule has 2 saturated carbocycles. The first-order chi connectivity index (χ1) is 14.5. The van der Waals surface area contributed by atoms with Crippen LogP contribution in [0.25, 0.3) is 0 Å². The largest absolute Gasteiger partial charge is 0.384 e. The molecule has 7 nitrogen and oxygen atoms in total. The molecule has 4 rings (SSSR count). The normalized spacial score (nSPS) is 20.3. The Bertz CT molecular complexity index is 932. The number of ether oxygens (including phenoxy) is 2. The Kier molecular flexibility index (Phi) is 5.84. The summed E-state index contributed by atoms with van der Waals surface area (Å²) in [5, 5.41) is 8.90. The van der Waals surface area contributed by atoms with E-state index in [9.17, 15) is 9.18 Å². The zero-order valence-electron chi connectivity index (χ0n) is 16.9. The van der Waals surface area contributed by atoms with Gasteiger partial charge in [-0.1, -0.05) is 11.8 Å². The van der Waals surface area contributed by atoms with E-state index in [1.165, 1.54) is 18.3 Å². The summed E-state index contributed by atoms with van der Waals surface area (Å²) in [6.45, 7) is 3.42. The number of carbonyl (C=O) groups is 1. The van der Waals surface area contributed by atoms with Gasteiger partial charge in [0, 0.05) is 23.2 Å². The standard InChI is InChI=1S/C22H25FN4O3/c1-14-8-17(23)16(5-4-15-2-3-15)9-18(14)26-21(28)19(27-24)10-25-11-20-29-12-22(6-7-22)13-30-20/h8-10,15,20,24-25H,2-3,6-7,11-13H2,1H3,(H,26,28)/b19-10-,27-24?. The van der Waals surface area contributed by atoms with Crippen LogP contribution in [-0.4, -0.2) is 32.0 Å². The maximum absolute atomic E-state index is 14.1. The fourth-order valence-corrected chi connectivity index (χ4v) is 3.11. The first-order valence-corrected chi connectivity index (χ1v) is 10.2. The third kappa shape index (κ3) is 5.04. The monoisotopic (exact) mass is 412 g/mol. The van der Waals surface area contributed by atoms with Crippen LogP contribution in [0.3, 0.4) is 0 Å². The molecule has 1 aliphatic heterocycles. The van der Waals surface area contributed by atoms with Crippen molar-refractivity contribution in [1.82, 2.24) is 5.32 Å². The predicted molar refractivity (Wildman–Crippen MR) is 108 cm³/mol. The van der Waals surface area contributed by atoms with Crippen molar-refractivity contribution in [1.29, 1.82) is 5.53 Å². The molecule has 1 heterocycles. The van der Waals surface area contributed by atoms with Crippen molar-refractivity contribution < 1.29 is 18.7 Å². The third-order valence-electron chi connectivity index (χ3n) is 5.53. The van der Waals surface area contributed by atoms with Crippen LogP contribution in [0, 0.1) is 41.4 Å². The lowest BCUT2D eigenvalue weighted by atomic mass is 10.1. The van der Waals surface area contributed by atoms with Crippen LogP contribution in [0.5, 0.6) is 0 Å². The molecule has 3 aliphatic rings. The molecule has 3 N–H and O–H groups in total. The smallest absolute Gasteiger partial charge is 0.277 e. The van der Waals surface area contributed by atoms with Crippen molar-refractivity contribution >= 4 is 11.6 Å². The summed E-state index contributed by atoms with van der Waals surface area (Å²) in [5.74, 6) is 5.22. The maximum Gasteiger partial charge on any atom is 0.277 e. The molecule has 2 aliphatic carbocycles. The third-order valence-corrected chi connectivity index (χ3v) is 5.53. The van der Waals surface area contributed by atoms with E-state index in [1.54, 1.807) is 6.92 Å². The average Bonchev–Trinajstić information content (AvgIpc) is 3.65. The number of rotatable bonds is 6. The topological polar surface area (TPSA) is 95.8 Å². The molecule has 3 fully saturated rings. The zero-order valence-corrected chi connectivity index (χ0v) is 16.9. The van der Waals surface area contributed by atoms with Crippen LogP contribution in [0.1, 0.15) is 36.8 Å². The van der Waals surface area contributed by atoms with E-state index in [2.05, 4.69) is 27.6 Å². The zero-order chi connectivity index (χ0) is 21.1. The van der Waals surface area contributed by atoms with Gasteiger partial charge < -0.3 is 20.1 Å². The van der Waals surface area contributed by atoms with Crippen molar-refractivity contribution in [2.24, 2.45) is 16.4 Å². The van der Waals surface area contributed by atoms with Crippen molar-refractivity contribution in [2.45, 2.75) is 38.9 Å². The molecule has 0 atom stereocenters. The van der Waals surface area contributed by atoms with Gasteiger partial charge in [-0.3, -0.25) is 4.79 Å². The van der Waals surface area contributed by atoms with E-state index in [0.717, 1.165) is 25.7 Å². The summed E-state index contributed by atoms with van der Waals surface area (Å²) in [5.41, 5.74) is 8.66. The highest BCUT2D eigenvalue weighted by atomic mass is 19.1. The van der Waals surface area contributed by atoms with Crippen molar-refractivity contribution in [3.63, 3.8) is 0 Å². The molecule has 0 bridgehead atoms. The Morgan fingerprint density at radius 3 is 2.73 bits per heavy atom. The van der Waals surface area contributed by atoms with Gasteiger partial charge in [0.1, 0.15) is 5.82 Å². The Morgan fingerprint density at radius 1 is 1.37 bits per heavy atom. The van der Waals surface area contributed by atoms with E-state index in [-0.39, 0.29) is 16.7 Å². The molecule has 1 saturated heterocycles. The highest BCUT2D eigenvalue weighted by molar-refractivity contribution is 6.03. The van der Waals surface area contributed by atoms with Gasteiger partial charge in [0.2, 0.25) is 0 Å². The number of hydrogen-bond acceptors (Lipinski definition) is 6. The van der Waals surface area contributed by atoms with E-state index in [4.69, 9.17) is 15.0 Å². The fourth-order valence-electron chi connectivity index (χ4n) is 3.11. The van der Waals surface area contributed by atoms with Gasteiger partial charge in [-0.05, 0) is 50.3 Å². The molecule has 158 valence electrons. The summed E-state index contributed by atoms with van der Waals surface area (Å²) in [6, 6.07) is 2.86. The van der Waals surface area contributed by atoms with Crippen LogP contribution in [0.2, 0.25) is 0 Å². The molecule has 0 unspecified atom stereocenters. The summed E-state index contributed by atoms with van der Waals surface area (Å²) < 4.78 is 25.5. The maximum atomic E-state index is 14.1. The van der Waals surface area contributed by atoms with Gasteiger partial charge in [0.25, 0.3) is 5.91 Å². The molecule has 0 radical (unpaired) electrons. The SMILES string of the molecule is Cc1cc(F)c(C#CC2CC2)cc1NC(=O)/C(=C/NCC1OCC2(CC2)CO1)N=N. The molecule has 0 aromatic heterocycles. The van der Waals surface area contributed by atoms with Crippen molar-refractivity contribution in [3.05, 3.63) is 41.0 Å². The molecule has 1 aromatic carbocycles. The summed E-state index contributed by atoms with van der Waals surface area (Å²) in [4.78, 5) is 12.5. The van der Waals surface area contributed by atoms with Crippen molar-refractivity contribution in [3.8, 4) is 11.8 Å². The minimum atomic E-state index is -0.573. The fraction of sp³-hybridized carbons (Fsp3) is 0.500. The average molecular weight is 412 g/mol. The lowest BCUT2D eigenvalue weighted by Gasteiger charge is -2.29. The van der Waals surface area contributed by atoms with Crippen LogP contribution < -0.4 is 10.6 Å². The summed E-state index contributed by atoms with van der Waals surface area (Å²) in [6.07, 6.45) is 5.34. The first-order valence-electron chi connectivity index (χ1n) is 10.2. The van der Waals surface area contributed by atoms with E-state index >= 15 is 0 Å². The first kappa shape index (κ1) is 20.5. The van der Waals surface area contributed by atoms with Gasteiger partial charge in [-0.25, -0.2) is 9.92 Å². The minimum absolute atomic E-state index is 0.112. The molecule has 1 spiro atoms. The number of anilines is 1. The Balaban J connectivity index is 1.35. The quantitative estimate of drug-likeness (QED) is 0.379. The van der Waals surface area contributed by atoms with Gasteiger partial charge >= 0.3 is 0 Å². The molecular weight excluding hydrogens is 387 g/mol. The number of nitrogens with one attached hydrogen (secondary N) is 3. The minimum Gasteiger partial charge on any atom is -0.384 e. The Hall–Kier alpha value is -2.76. The Morgan fingerprint density at radius 2 is 2.10 bits per heavy atom. The van der Waals surface area contributed by atoms with Crippen LogP contribution in [0.15, 0.2) is 29.1 Å². The van der Waals surface area contributed by atoms with Gasteiger partial charge in [0.15, 0.2) is 12.0 Å². The van der Waals surface area contributed by atoms with Gasteiger partial charge in [-0.15, -0.1) is 0 Å². The second-order valence-corrected chi connectivity index (χ2v) is 8.25. The number of amides is 1. The molecule has 30 heavy (non-hydrogen) atoms. The molecule has 1 amide bonds. The number of hydrogen-bond donors (Lipinski definition) is 3. The van der Waals surface area contributed by atoms with E-state index < -0.39 is 18.0 Å². The lowest BCUT2D eigenvalue weighted by molar-refractivity contribution is -0.203. The Labute approximate surface area is 174 Å². The predicted octanol–water partition coefficient (Wildman–Crippen LogP) is 3.45. The number of carbonyl (C=O) groups excluding carboxylic acids is 1. The van der Waals surface area contributed by atoms with Crippen LogP contribution in [0.4, 0.5) is 10.1 Å². The highest BCUT2D eigenvalue weighted by Crippen LogP contribution is 2.48. The van der Waals surface area contributed by atoms with Gasteiger partial charge in [-0.2, -0.15) is 5.11 Å². The number of halogens is 1. The van der Waals surface area contributed by atoms with Crippen LogP contribution >= 0.6 is 0 Å². The van der Waals surface area contributed by atoms with E-state index in [0.29, 0.717) is 36.9 Å². The number of benzene rings is 1. The van der Waals surface area contributed by atoms with Gasteiger partial charge in [0.05, 0.1) is 25.3 Å². The van der Waals surface area contributed by atoms with Crippen LogP contribution in [-0.2, 0) is 14.3 Å². The lowest BCUT2D eigenvalue weighted by Crippen LogP contribution is -2.38. The molecule has 8 heteroatoms.